The molecule has 0 aliphatic carbocycles. The number of carbonyl (C=O) groups is 1. The third-order valence-corrected chi connectivity index (χ3v) is 4.35. The van der Waals surface area contributed by atoms with E-state index in [-0.39, 0.29) is 17.9 Å². The lowest BCUT2D eigenvalue weighted by Gasteiger charge is -2.20. The van der Waals surface area contributed by atoms with Crippen molar-refractivity contribution in [1.82, 2.24) is 24.9 Å². The van der Waals surface area contributed by atoms with E-state index >= 15 is 0 Å². The Kier molecular flexibility index (Phi) is 3.72. The average Bonchev–Trinajstić information content (AvgIpc) is 3.23. The summed E-state index contributed by atoms with van der Waals surface area (Å²) < 4.78 is 1.91. The number of hydrogen-bond acceptors (Lipinski definition) is 3. The third kappa shape index (κ3) is 2.76. The predicted octanol–water partition coefficient (Wildman–Crippen LogP) is 3.34. The minimum absolute atomic E-state index is 0.150. The number of hydrogen-bond donors (Lipinski definition) is 2. The zero-order chi connectivity index (χ0) is 17.4. The summed E-state index contributed by atoms with van der Waals surface area (Å²) in [5.74, 6) is 0.749. The molecule has 0 bridgehead atoms. The molecular weight excluding hydrogens is 314 g/mol. The molecule has 0 saturated carbocycles. The number of nitrogens with zero attached hydrogens (tertiary/aromatic N) is 3. The minimum atomic E-state index is -0.240. The number of pyridine rings is 1. The van der Waals surface area contributed by atoms with Gasteiger partial charge < -0.3 is 10.3 Å². The number of para-hydroxylation sites is 1. The number of aromatic nitrogens is 4. The molecule has 4 rings (SSSR count). The molecule has 0 saturated heterocycles. The Balaban J connectivity index is 1.66. The fourth-order valence-electron chi connectivity index (χ4n) is 3.02. The summed E-state index contributed by atoms with van der Waals surface area (Å²) in [6, 6.07) is 15.2. The molecule has 25 heavy (non-hydrogen) atoms. The summed E-state index contributed by atoms with van der Waals surface area (Å²) in [7, 11) is 0. The molecule has 126 valence electrons. The summed E-state index contributed by atoms with van der Waals surface area (Å²) in [6.07, 6.45) is 1.91. The van der Waals surface area contributed by atoms with Gasteiger partial charge in [0.05, 0.1) is 6.04 Å². The van der Waals surface area contributed by atoms with Gasteiger partial charge >= 0.3 is 0 Å². The van der Waals surface area contributed by atoms with Crippen LogP contribution in [0.1, 0.15) is 36.2 Å². The molecule has 3 aromatic heterocycles. The number of nitrogens with one attached hydrogen (secondary N) is 2. The lowest BCUT2D eigenvalue weighted by molar-refractivity contribution is 0.0918. The van der Waals surface area contributed by atoms with Crippen LogP contribution < -0.4 is 5.32 Å². The van der Waals surface area contributed by atoms with Crippen LogP contribution in [-0.2, 0) is 0 Å². The maximum Gasteiger partial charge on any atom is 0.268 e. The Hall–Kier alpha value is -3.15. The van der Waals surface area contributed by atoms with Crippen LogP contribution in [0.5, 0.6) is 0 Å². The minimum Gasteiger partial charge on any atom is -0.351 e. The van der Waals surface area contributed by atoms with Gasteiger partial charge in [0.1, 0.15) is 5.69 Å². The predicted molar refractivity (Wildman–Crippen MR) is 96.3 cm³/mol. The van der Waals surface area contributed by atoms with Gasteiger partial charge in [-0.15, -0.1) is 10.2 Å². The monoisotopic (exact) mass is 333 g/mol. The van der Waals surface area contributed by atoms with Crippen molar-refractivity contribution in [3.05, 3.63) is 66.2 Å². The van der Waals surface area contributed by atoms with Crippen LogP contribution in [0.15, 0.2) is 54.7 Å². The van der Waals surface area contributed by atoms with E-state index < -0.39 is 0 Å². The van der Waals surface area contributed by atoms with E-state index in [0.717, 1.165) is 22.4 Å². The van der Waals surface area contributed by atoms with E-state index in [0.29, 0.717) is 5.69 Å². The van der Waals surface area contributed by atoms with Gasteiger partial charge in [-0.1, -0.05) is 38.1 Å². The van der Waals surface area contributed by atoms with Gasteiger partial charge in [-0.25, -0.2) is 0 Å². The molecule has 0 unspecified atom stereocenters. The van der Waals surface area contributed by atoms with Crippen LogP contribution in [0.25, 0.3) is 16.6 Å². The zero-order valence-electron chi connectivity index (χ0n) is 14.1. The molecule has 0 radical (unpaired) electrons. The lowest BCUT2D eigenvalue weighted by Crippen LogP contribution is -2.33. The first-order chi connectivity index (χ1) is 12.1. The summed E-state index contributed by atoms with van der Waals surface area (Å²) in [6.45, 7) is 4.11. The van der Waals surface area contributed by atoms with Crippen molar-refractivity contribution in [2.45, 2.75) is 19.9 Å². The zero-order valence-corrected chi connectivity index (χ0v) is 14.1. The highest BCUT2D eigenvalue weighted by molar-refractivity contribution is 5.98. The molecule has 1 atom stereocenters. The van der Waals surface area contributed by atoms with Gasteiger partial charge in [0.2, 0.25) is 0 Å². The van der Waals surface area contributed by atoms with Gasteiger partial charge in [0, 0.05) is 17.1 Å². The van der Waals surface area contributed by atoms with Crippen LogP contribution in [0.2, 0.25) is 0 Å². The van der Waals surface area contributed by atoms with E-state index in [1.807, 2.05) is 59.1 Å². The van der Waals surface area contributed by atoms with Gasteiger partial charge in [-0.2, -0.15) is 0 Å². The lowest BCUT2D eigenvalue weighted by atomic mass is 10.0. The first-order valence-electron chi connectivity index (χ1n) is 8.32. The molecule has 0 spiro atoms. The van der Waals surface area contributed by atoms with Gasteiger partial charge in [0.15, 0.2) is 11.5 Å². The molecule has 2 N–H and O–H groups in total. The third-order valence-electron chi connectivity index (χ3n) is 4.35. The van der Waals surface area contributed by atoms with Crippen molar-refractivity contribution in [2.75, 3.05) is 0 Å². The molecule has 6 nitrogen and oxygen atoms in total. The first kappa shape index (κ1) is 15.4. The smallest absolute Gasteiger partial charge is 0.268 e. The topological polar surface area (TPSA) is 75.1 Å². The van der Waals surface area contributed by atoms with Gasteiger partial charge in [-0.05, 0) is 30.2 Å². The van der Waals surface area contributed by atoms with E-state index in [1.54, 1.807) is 0 Å². The van der Waals surface area contributed by atoms with Crippen molar-refractivity contribution in [3.63, 3.8) is 0 Å². The average molecular weight is 333 g/mol. The van der Waals surface area contributed by atoms with Crippen LogP contribution in [0.3, 0.4) is 0 Å². The molecule has 0 aliphatic heterocycles. The van der Waals surface area contributed by atoms with Crippen molar-refractivity contribution in [1.29, 1.82) is 0 Å². The quantitative estimate of drug-likeness (QED) is 0.601. The van der Waals surface area contributed by atoms with Crippen molar-refractivity contribution in [2.24, 2.45) is 5.92 Å². The first-order valence-corrected chi connectivity index (χ1v) is 8.32. The Morgan fingerprint density at radius 3 is 2.72 bits per heavy atom. The molecule has 6 heteroatoms. The maximum atomic E-state index is 12.8. The van der Waals surface area contributed by atoms with Crippen molar-refractivity contribution >= 4 is 22.5 Å². The Bertz CT molecular complexity index is 1010. The Morgan fingerprint density at radius 1 is 1.12 bits per heavy atom. The summed E-state index contributed by atoms with van der Waals surface area (Å²) in [5, 5.41) is 12.6. The summed E-state index contributed by atoms with van der Waals surface area (Å²) in [4.78, 5) is 15.9. The number of rotatable bonds is 4. The number of H-pyrrole nitrogens is 1. The van der Waals surface area contributed by atoms with Crippen LogP contribution in [0.4, 0.5) is 0 Å². The highest BCUT2D eigenvalue weighted by Gasteiger charge is 2.24. The second-order valence-corrected chi connectivity index (χ2v) is 6.45. The molecule has 0 fully saturated rings. The van der Waals surface area contributed by atoms with E-state index in [2.05, 4.69) is 34.3 Å². The van der Waals surface area contributed by atoms with Crippen molar-refractivity contribution in [3.8, 4) is 0 Å². The molecular formula is C19H19N5O. The normalized spacial score (nSPS) is 12.8. The second-order valence-electron chi connectivity index (χ2n) is 6.45. The second kappa shape index (κ2) is 6.05. The van der Waals surface area contributed by atoms with E-state index in [4.69, 9.17) is 0 Å². The SMILES string of the molecule is CC(C)[C@H](NC(=O)c1cc2ccccc2[nH]1)c1nnc2ccccn12. The largest absolute Gasteiger partial charge is 0.351 e. The molecule has 1 amide bonds. The summed E-state index contributed by atoms with van der Waals surface area (Å²) >= 11 is 0. The highest BCUT2D eigenvalue weighted by Crippen LogP contribution is 2.22. The van der Waals surface area contributed by atoms with Crippen LogP contribution in [0, 0.1) is 5.92 Å². The van der Waals surface area contributed by atoms with Crippen molar-refractivity contribution < 1.29 is 4.79 Å². The number of fused-ring (bicyclic) bond motifs is 2. The molecule has 3 heterocycles. The standard InChI is InChI=1S/C19H19N5O/c1-12(2)17(18-23-22-16-9-5-6-10-24(16)18)21-19(25)15-11-13-7-3-4-8-14(13)20-15/h3-12,17,20H,1-2H3,(H,21,25)/t17-/m0/s1. The highest BCUT2D eigenvalue weighted by atomic mass is 16.2. The number of benzene rings is 1. The molecule has 0 aliphatic rings. The summed E-state index contributed by atoms with van der Waals surface area (Å²) in [5.41, 5.74) is 2.25. The number of carbonyl (C=O) groups excluding carboxylic acids is 1. The van der Waals surface area contributed by atoms with Gasteiger partial charge in [0.25, 0.3) is 5.91 Å². The van der Waals surface area contributed by atoms with E-state index in [1.165, 1.54) is 0 Å². The molecule has 4 aromatic rings. The van der Waals surface area contributed by atoms with Crippen LogP contribution >= 0.6 is 0 Å². The maximum absolute atomic E-state index is 12.8. The molecule has 1 aromatic carbocycles. The number of amides is 1. The Morgan fingerprint density at radius 2 is 1.92 bits per heavy atom. The number of aromatic amines is 1. The van der Waals surface area contributed by atoms with E-state index in [9.17, 15) is 4.79 Å². The van der Waals surface area contributed by atoms with Gasteiger partial charge in [-0.3, -0.25) is 9.20 Å². The van der Waals surface area contributed by atoms with Crippen LogP contribution in [-0.4, -0.2) is 25.5 Å². The fourth-order valence-corrected chi connectivity index (χ4v) is 3.02. The Labute approximate surface area is 144 Å². The fraction of sp³-hybridized carbons (Fsp3) is 0.211.